The maximum absolute atomic E-state index is 12.7. The van der Waals surface area contributed by atoms with Gasteiger partial charge in [0, 0.05) is 11.8 Å². The van der Waals surface area contributed by atoms with Crippen LogP contribution < -0.4 is 14.8 Å². The minimum Gasteiger partial charge on any atom is -0.454 e. The Hall–Kier alpha value is -3.52. The van der Waals surface area contributed by atoms with Gasteiger partial charge in [0.15, 0.2) is 17.6 Å². The lowest BCUT2D eigenvalue weighted by Gasteiger charge is -2.14. The number of fused-ring (bicyclic) bond motifs is 1. The van der Waals surface area contributed by atoms with E-state index in [0.29, 0.717) is 29.4 Å². The maximum Gasteiger partial charge on any atom is 0.343 e. The van der Waals surface area contributed by atoms with Gasteiger partial charge in [-0.25, -0.2) is 9.48 Å². The van der Waals surface area contributed by atoms with Crippen LogP contribution in [0.25, 0.3) is 0 Å². The fourth-order valence-electron chi connectivity index (χ4n) is 3.14. The predicted octanol–water partition coefficient (Wildman–Crippen LogP) is 3.81. The molecule has 0 saturated carbocycles. The van der Waals surface area contributed by atoms with Gasteiger partial charge >= 0.3 is 5.97 Å². The number of anilines is 1. The summed E-state index contributed by atoms with van der Waals surface area (Å²) in [5.41, 5.74) is 2.06. The first-order valence-electron chi connectivity index (χ1n) is 9.60. The number of nitrogens with one attached hydrogen (secondary N) is 1. The largest absolute Gasteiger partial charge is 0.454 e. The third kappa shape index (κ3) is 4.49. The molecule has 1 atom stereocenters. The summed E-state index contributed by atoms with van der Waals surface area (Å²) in [6.45, 7) is 3.70. The smallest absolute Gasteiger partial charge is 0.343 e. The molecule has 31 heavy (non-hydrogen) atoms. The van der Waals surface area contributed by atoms with Gasteiger partial charge in [-0.1, -0.05) is 41.9 Å². The van der Waals surface area contributed by atoms with E-state index in [9.17, 15) is 9.59 Å². The zero-order valence-electron chi connectivity index (χ0n) is 16.9. The van der Waals surface area contributed by atoms with Gasteiger partial charge in [0.2, 0.25) is 6.79 Å². The van der Waals surface area contributed by atoms with E-state index >= 15 is 0 Å². The number of aryl methyl sites for hydroxylation is 1. The third-order valence-corrected chi connectivity index (χ3v) is 5.12. The first-order valence-corrected chi connectivity index (χ1v) is 9.98. The number of esters is 1. The average molecular weight is 442 g/mol. The summed E-state index contributed by atoms with van der Waals surface area (Å²) in [5, 5.41) is 7.19. The van der Waals surface area contributed by atoms with E-state index < -0.39 is 18.0 Å². The van der Waals surface area contributed by atoms with E-state index in [1.165, 1.54) is 11.6 Å². The summed E-state index contributed by atoms with van der Waals surface area (Å²) in [6, 6.07) is 14.6. The molecule has 0 spiro atoms. The minimum atomic E-state index is -1.05. The molecule has 1 N–H and O–H groups in total. The van der Waals surface area contributed by atoms with Crippen molar-refractivity contribution in [2.24, 2.45) is 0 Å². The highest BCUT2D eigenvalue weighted by Crippen LogP contribution is 2.34. The Morgan fingerprint density at radius 1 is 1.19 bits per heavy atom. The molecule has 1 aliphatic rings. The van der Waals surface area contributed by atoms with E-state index in [-0.39, 0.29) is 17.5 Å². The van der Waals surface area contributed by atoms with Crippen LogP contribution in [0.2, 0.25) is 5.15 Å². The number of halogens is 1. The lowest BCUT2D eigenvalue weighted by atomic mass is 10.2. The molecule has 2 heterocycles. The number of carbonyl (C=O) groups is 2. The van der Waals surface area contributed by atoms with Crippen LogP contribution in [0.15, 0.2) is 48.5 Å². The molecule has 3 aromatic rings. The molecule has 0 saturated heterocycles. The number of hydrogen-bond donors (Lipinski definition) is 1. The van der Waals surface area contributed by atoms with Crippen molar-refractivity contribution in [1.29, 1.82) is 0 Å². The topological polar surface area (TPSA) is 91.7 Å². The molecule has 4 rings (SSSR count). The molecule has 1 aromatic heterocycles. The maximum atomic E-state index is 12.7. The summed E-state index contributed by atoms with van der Waals surface area (Å²) in [6.07, 6.45) is -1.05. The van der Waals surface area contributed by atoms with E-state index in [0.717, 1.165) is 5.56 Å². The highest BCUT2D eigenvalue weighted by atomic mass is 35.5. The van der Waals surface area contributed by atoms with Gasteiger partial charge in [0.1, 0.15) is 10.7 Å². The van der Waals surface area contributed by atoms with Gasteiger partial charge < -0.3 is 19.5 Å². The third-order valence-electron chi connectivity index (χ3n) is 4.74. The molecular weight excluding hydrogens is 422 g/mol. The van der Waals surface area contributed by atoms with Crippen molar-refractivity contribution < 1.29 is 23.8 Å². The normalized spacial score (nSPS) is 13.0. The summed E-state index contributed by atoms with van der Waals surface area (Å²) in [5.74, 6) is -0.0568. The lowest BCUT2D eigenvalue weighted by Crippen LogP contribution is -2.30. The number of aromatic nitrogens is 2. The molecule has 0 radical (unpaired) electrons. The van der Waals surface area contributed by atoms with Crippen LogP contribution in [-0.4, -0.2) is 34.6 Å². The van der Waals surface area contributed by atoms with E-state index in [1.54, 1.807) is 25.1 Å². The molecule has 160 valence electrons. The van der Waals surface area contributed by atoms with Gasteiger partial charge in [0.25, 0.3) is 5.91 Å². The highest BCUT2D eigenvalue weighted by molar-refractivity contribution is 6.32. The summed E-state index contributed by atoms with van der Waals surface area (Å²) in [4.78, 5) is 25.2. The van der Waals surface area contributed by atoms with Crippen molar-refractivity contribution >= 4 is 29.2 Å². The van der Waals surface area contributed by atoms with Crippen LogP contribution in [0.5, 0.6) is 11.5 Å². The fraction of sp³-hybridized carbons (Fsp3) is 0.227. The summed E-state index contributed by atoms with van der Waals surface area (Å²) >= 11 is 6.39. The van der Waals surface area contributed by atoms with Crippen molar-refractivity contribution in [3.8, 4) is 11.5 Å². The second-order valence-electron chi connectivity index (χ2n) is 7.00. The van der Waals surface area contributed by atoms with Gasteiger partial charge in [-0.3, -0.25) is 4.79 Å². The second kappa shape index (κ2) is 8.69. The minimum absolute atomic E-state index is 0.138. The molecule has 0 bridgehead atoms. The Kier molecular flexibility index (Phi) is 5.81. The van der Waals surface area contributed by atoms with Crippen LogP contribution in [0.1, 0.15) is 28.5 Å². The Labute approximate surface area is 183 Å². The number of nitrogens with zero attached hydrogens (tertiary/aromatic N) is 2. The quantitative estimate of drug-likeness (QED) is 0.585. The van der Waals surface area contributed by atoms with Gasteiger partial charge in [-0.2, -0.15) is 5.10 Å². The second-order valence-corrected chi connectivity index (χ2v) is 7.36. The lowest BCUT2D eigenvalue weighted by molar-refractivity contribution is -0.123. The zero-order chi connectivity index (χ0) is 22.0. The fourth-order valence-corrected chi connectivity index (χ4v) is 3.45. The molecule has 2 aromatic carbocycles. The number of carbonyl (C=O) groups excluding carboxylic acids is 2. The van der Waals surface area contributed by atoms with Crippen LogP contribution >= 0.6 is 11.6 Å². The Balaban J connectivity index is 1.42. The Morgan fingerprint density at radius 3 is 2.71 bits per heavy atom. The van der Waals surface area contributed by atoms with E-state index in [4.69, 9.17) is 25.8 Å². The number of rotatable bonds is 6. The zero-order valence-corrected chi connectivity index (χ0v) is 17.7. The van der Waals surface area contributed by atoms with Crippen molar-refractivity contribution in [1.82, 2.24) is 9.78 Å². The molecule has 1 aliphatic heterocycles. The molecule has 1 amide bonds. The van der Waals surface area contributed by atoms with Gasteiger partial charge in [-0.05, 0) is 31.5 Å². The van der Waals surface area contributed by atoms with E-state index in [2.05, 4.69) is 10.4 Å². The molecular formula is C22H20ClN3O5. The van der Waals surface area contributed by atoms with Crippen molar-refractivity contribution in [2.75, 3.05) is 12.1 Å². The van der Waals surface area contributed by atoms with Crippen molar-refractivity contribution in [2.45, 2.75) is 26.5 Å². The predicted molar refractivity (Wildman–Crippen MR) is 114 cm³/mol. The number of amides is 1. The van der Waals surface area contributed by atoms with Crippen molar-refractivity contribution in [3.63, 3.8) is 0 Å². The first-order chi connectivity index (χ1) is 14.9. The Bertz CT molecular complexity index is 1130. The SMILES string of the molecule is Cc1nn(Cc2ccccc2)c(Cl)c1C(=O)O[C@H](C)C(=O)Nc1ccc2c(c1)OCO2. The number of hydrogen-bond acceptors (Lipinski definition) is 6. The van der Waals surface area contributed by atoms with Gasteiger partial charge in [0.05, 0.1) is 12.2 Å². The van der Waals surface area contributed by atoms with Crippen LogP contribution in [0.4, 0.5) is 5.69 Å². The standard InChI is InChI=1S/C22H20ClN3O5/c1-13-19(20(23)26(25-13)11-15-6-4-3-5-7-15)22(28)31-14(2)21(27)24-16-8-9-17-18(10-16)30-12-29-17/h3-10,14H,11-12H2,1-2H3,(H,24,27)/t14-/m1/s1. The van der Waals surface area contributed by atoms with Crippen molar-refractivity contribution in [3.05, 3.63) is 70.5 Å². The molecule has 0 fully saturated rings. The monoisotopic (exact) mass is 441 g/mol. The van der Waals surface area contributed by atoms with Crippen LogP contribution in [-0.2, 0) is 16.1 Å². The summed E-state index contributed by atoms with van der Waals surface area (Å²) in [7, 11) is 0. The molecule has 0 aliphatic carbocycles. The number of benzene rings is 2. The average Bonchev–Trinajstić information content (AvgIpc) is 3.32. The van der Waals surface area contributed by atoms with Gasteiger partial charge in [-0.15, -0.1) is 0 Å². The molecule has 9 heteroatoms. The Morgan fingerprint density at radius 2 is 1.94 bits per heavy atom. The molecule has 0 unspecified atom stereocenters. The number of ether oxygens (including phenoxy) is 3. The van der Waals surface area contributed by atoms with E-state index in [1.807, 2.05) is 30.3 Å². The van der Waals surface area contributed by atoms with Crippen LogP contribution in [0, 0.1) is 6.92 Å². The molecule has 8 nitrogen and oxygen atoms in total. The van der Waals surface area contributed by atoms with Crippen LogP contribution in [0.3, 0.4) is 0 Å². The highest BCUT2D eigenvalue weighted by Gasteiger charge is 2.26. The first kappa shape index (κ1) is 20.7. The summed E-state index contributed by atoms with van der Waals surface area (Å²) < 4.78 is 17.4.